The molecule has 5 N–H and O–H groups in total. The number of halogens is 3. The lowest BCUT2D eigenvalue weighted by Gasteiger charge is -2.46. The van der Waals surface area contributed by atoms with Gasteiger partial charge in [0.15, 0.2) is 11.4 Å². The topological polar surface area (TPSA) is 146 Å². The number of guanidine groups is 1. The summed E-state index contributed by atoms with van der Waals surface area (Å²) in [6.45, 7) is 0.601. The lowest BCUT2D eigenvalue weighted by molar-refractivity contribution is -0.106. The standard InChI is InChI=1S/C20H23F3N6O4S2/c1-15-12-25-18(27-16-8-4-2-5-9-16)29(35(24,32)33)19(15,28-17-10-6-3-7-11-17)13-26-34(30,31)14-20(21,22)23/h2-12,26,28H,13-14H2,1H3,(H,25,27)(H2,24,32,33). The zero-order valence-corrected chi connectivity index (χ0v) is 20.0. The van der Waals surface area contributed by atoms with Crippen LogP contribution >= 0.6 is 0 Å². The largest absolute Gasteiger partial charge is 0.404 e. The maximum Gasteiger partial charge on any atom is 0.404 e. The molecular weight excluding hydrogens is 509 g/mol. The van der Waals surface area contributed by atoms with Crippen LogP contribution in [0.4, 0.5) is 24.5 Å². The number of aliphatic imine (C=N–C) groups is 1. The summed E-state index contributed by atoms with van der Waals surface area (Å²) in [5, 5.41) is 11.3. The Balaban J connectivity index is 2.11. The number of hydrogen-bond acceptors (Lipinski definition) is 7. The second kappa shape index (κ2) is 9.85. The van der Waals surface area contributed by atoms with Crippen LogP contribution in [-0.2, 0) is 20.2 Å². The summed E-state index contributed by atoms with van der Waals surface area (Å²) in [5.41, 5.74) is -1.07. The van der Waals surface area contributed by atoms with Gasteiger partial charge in [0.1, 0.15) is 0 Å². The van der Waals surface area contributed by atoms with Crippen LogP contribution in [0.25, 0.3) is 0 Å². The van der Waals surface area contributed by atoms with Gasteiger partial charge in [0, 0.05) is 17.6 Å². The molecule has 1 unspecified atom stereocenters. The van der Waals surface area contributed by atoms with E-state index in [4.69, 9.17) is 5.14 Å². The molecule has 1 heterocycles. The molecule has 0 amide bonds. The third-order valence-corrected chi connectivity index (χ3v) is 7.17. The Morgan fingerprint density at radius 3 is 2.03 bits per heavy atom. The molecule has 1 atom stereocenters. The zero-order chi connectivity index (χ0) is 25.9. The van der Waals surface area contributed by atoms with Gasteiger partial charge in [-0.2, -0.15) is 25.9 Å². The van der Waals surface area contributed by atoms with Crippen molar-refractivity contribution in [2.75, 3.05) is 22.9 Å². The van der Waals surface area contributed by atoms with E-state index in [1.54, 1.807) is 60.7 Å². The monoisotopic (exact) mass is 532 g/mol. The van der Waals surface area contributed by atoms with Gasteiger partial charge in [-0.25, -0.2) is 23.3 Å². The first-order valence-electron chi connectivity index (χ1n) is 9.99. The van der Waals surface area contributed by atoms with E-state index < -0.39 is 44.4 Å². The molecule has 2 aromatic rings. The van der Waals surface area contributed by atoms with Crippen molar-refractivity contribution in [3.63, 3.8) is 0 Å². The molecule has 2 aromatic carbocycles. The molecule has 0 aromatic heterocycles. The minimum Gasteiger partial charge on any atom is -0.357 e. The van der Waals surface area contributed by atoms with Crippen LogP contribution in [0.5, 0.6) is 0 Å². The smallest absolute Gasteiger partial charge is 0.357 e. The molecule has 0 saturated carbocycles. The molecule has 190 valence electrons. The second-order valence-electron chi connectivity index (χ2n) is 7.61. The molecule has 3 rings (SSSR count). The molecule has 0 aliphatic carbocycles. The molecular formula is C20H23F3N6O4S2. The van der Waals surface area contributed by atoms with Gasteiger partial charge < -0.3 is 10.6 Å². The fraction of sp³-hybridized carbons (Fsp3) is 0.250. The highest BCUT2D eigenvalue weighted by molar-refractivity contribution is 7.89. The predicted octanol–water partition coefficient (Wildman–Crippen LogP) is 2.17. The fourth-order valence-electron chi connectivity index (χ4n) is 3.38. The molecule has 0 fully saturated rings. The maximum absolute atomic E-state index is 12.9. The van der Waals surface area contributed by atoms with Crippen LogP contribution in [0.3, 0.4) is 0 Å². The highest BCUT2D eigenvalue weighted by Crippen LogP contribution is 2.33. The number of alkyl halides is 3. The average Bonchev–Trinajstić information content (AvgIpc) is 2.74. The Hall–Kier alpha value is -3.14. The minimum atomic E-state index is -5.01. The molecule has 15 heteroatoms. The van der Waals surface area contributed by atoms with Crippen LogP contribution in [0.1, 0.15) is 6.92 Å². The highest BCUT2D eigenvalue weighted by Gasteiger charge is 2.49. The van der Waals surface area contributed by atoms with Crippen LogP contribution in [-0.4, -0.2) is 51.2 Å². The minimum absolute atomic E-state index is 0.156. The lowest BCUT2D eigenvalue weighted by Crippen LogP contribution is -2.68. The Kier molecular flexibility index (Phi) is 7.45. The van der Waals surface area contributed by atoms with Gasteiger partial charge >= 0.3 is 16.4 Å². The van der Waals surface area contributed by atoms with Gasteiger partial charge in [0.05, 0.1) is 6.54 Å². The number of nitrogens with zero attached hydrogens (tertiary/aromatic N) is 2. The summed E-state index contributed by atoms with van der Waals surface area (Å²) in [6, 6.07) is 16.4. The second-order valence-corrected chi connectivity index (χ2v) is 10.8. The first-order chi connectivity index (χ1) is 16.2. The quantitative estimate of drug-likeness (QED) is 0.410. The number of rotatable bonds is 8. The Bertz CT molecular complexity index is 1320. The van der Waals surface area contributed by atoms with E-state index in [2.05, 4.69) is 15.6 Å². The van der Waals surface area contributed by atoms with Gasteiger partial charge in [0.25, 0.3) is 0 Å². The average molecular weight is 533 g/mol. The SMILES string of the molecule is CC1=CN=C(Nc2ccccc2)N(S(N)(=O)=O)C1(CNS(=O)(=O)CC(F)(F)F)Nc1ccccc1. The summed E-state index contributed by atoms with van der Waals surface area (Å²) in [7, 11) is -9.58. The Labute approximate surface area is 201 Å². The van der Waals surface area contributed by atoms with E-state index in [9.17, 15) is 30.0 Å². The van der Waals surface area contributed by atoms with Crippen molar-refractivity contribution in [3.8, 4) is 0 Å². The molecule has 0 radical (unpaired) electrons. The normalized spacial score (nSPS) is 19.1. The number of hydrogen-bond donors (Lipinski definition) is 4. The van der Waals surface area contributed by atoms with Crippen LogP contribution in [0.15, 0.2) is 77.4 Å². The fourth-order valence-corrected chi connectivity index (χ4v) is 5.36. The lowest BCUT2D eigenvalue weighted by atomic mass is 9.99. The molecule has 0 saturated heterocycles. The number of nitrogens with two attached hydrogens (primary N) is 1. The van der Waals surface area contributed by atoms with E-state index in [1.807, 2.05) is 4.72 Å². The van der Waals surface area contributed by atoms with Crippen LogP contribution in [0, 0.1) is 0 Å². The highest BCUT2D eigenvalue weighted by atomic mass is 32.2. The summed E-state index contributed by atoms with van der Waals surface area (Å²) in [5.74, 6) is -2.45. The third-order valence-electron chi connectivity index (χ3n) is 4.88. The zero-order valence-electron chi connectivity index (χ0n) is 18.3. The van der Waals surface area contributed by atoms with E-state index in [0.717, 1.165) is 0 Å². The molecule has 0 bridgehead atoms. The van der Waals surface area contributed by atoms with E-state index in [1.165, 1.54) is 13.1 Å². The Morgan fingerprint density at radius 2 is 1.51 bits per heavy atom. The van der Waals surface area contributed by atoms with Gasteiger partial charge in [-0.05, 0) is 36.8 Å². The van der Waals surface area contributed by atoms with Crippen LogP contribution < -0.4 is 20.5 Å². The summed E-state index contributed by atoms with van der Waals surface area (Å²) < 4.78 is 91.0. The summed E-state index contributed by atoms with van der Waals surface area (Å²) in [6.07, 6.45) is -3.74. The number of sulfonamides is 1. The molecule has 1 aliphatic rings. The van der Waals surface area contributed by atoms with Crippen molar-refractivity contribution in [2.24, 2.45) is 10.1 Å². The summed E-state index contributed by atoms with van der Waals surface area (Å²) in [4.78, 5) is 4.11. The van der Waals surface area contributed by atoms with Crippen molar-refractivity contribution >= 4 is 37.6 Å². The van der Waals surface area contributed by atoms with Crippen molar-refractivity contribution in [2.45, 2.75) is 18.8 Å². The van der Waals surface area contributed by atoms with Crippen molar-refractivity contribution in [1.82, 2.24) is 9.03 Å². The predicted molar refractivity (Wildman–Crippen MR) is 127 cm³/mol. The molecule has 10 nitrogen and oxygen atoms in total. The van der Waals surface area contributed by atoms with Crippen molar-refractivity contribution in [3.05, 3.63) is 72.4 Å². The molecule has 35 heavy (non-hydrogen) atoms. The van der Waals surface area contributed by atoms with E-state index in [-0.39, 0.29) is 11.5 Å². The number of nitrogens with one attached hydrogen (secondary N) is 3. The van der Waals surface area contributed by atoms with Crippen LogP contribution in [0.2, 0.25) is 0 Å². The van der Waals surface area contributed by atoms with Gasteiger partial charge in [-0.15, -0.1) is 0 Å². The first-order valence-corrected chi connectivity index (χ1v) is 13.1. The third kappa shape index (κ3) is 6.72. The van der Waals surface area contributed by atoms with Gasteiger partial charge in [-0.1, -0.05) is 36.4 Å². The number of para-hydroxylation sites is 2. The summed E-state index contributed by atoms with van der Waals surface area (Å²) >= 11 is 0. The Morgan fingerprint density at radius 1 is 0.971 bits per heavy atom. The maximum atomic E-state index is 12.9. The number of benzene rings is 2. The van der Waals surface area contributed by atoms with Gasteiger partial charge in [-0.3, -0.25) is 0 Å². The number of anilines is 2. The van der Waals surface area contributed by atoms with Crippen molar-refractivity contribution in [1.29, 1.82) is 0 Å². The van der Waals surface area contributed by atoms with Crippen molar-refractivity contribution < 1.29 is 30.0 Å². The first kappa shape index (κ1) is 26.5. The molecule has 1 aliphatic heterocycles. The van der Waals surface area contributed by atoms with E-state index in [0.29, 0.717) is 15.7 Å². The van der Waals surface area contributed by atoms with Gasteiger partial charge in [0.2, 0.25) is 16.0 Å². The molecule has 0 spiro atoms. The van der Waals surface area contributed by atoms with E-state index >= 15 is 0 Å².